The van der Waals surface area contributed by atoms with E-state index in [-0.39, 0.29) is 42.3 Å². The number of hydrogen-bond acceptors (Lipinski definition) is 3. The molecular formula is C18H24IN5O2. The summed E-state index contributed by atoms with van der Waals surface area (Å²) >= 11 is 0. The number of aliphatic imine (C=N–C) groups is 1. The predicted octanol–water partition coefficient (Wildman–Crippen LogP) is 0.964. The highest BCUT2D eigenvalue weighted by Gasteiger charge is 2.21. The molecule has 0 atom stereocenters. The van der Waals surface area contributed by atoms with Crippen molar-refractivity contribution < 1.29 is 9.59 Å². The molecule has 0 bridgehead atoms. The van der Waals surface area contributed by atoms with Crippen LogP contribution in [0.5, 0.6) is 0 Å². The van der Waals surface area contributed by atoms with Crippen LogP contribution in [-0.4, -0.2) is 67.3 Å². The number of guanidine groups is 1. The zero-order valence-electron chi connectivity index (χ0n) is 15.0. The molecule has 1 aromatic rings. The number of piperazine rings is 1. The van der Waals surface area contributed by atoms with Gasteiger partial charge in [0, 0.05) is 51.4 Å². The van der Waals surface area contributed by atoms with E-state index in [1.165, 1.54) is 0 Å². The van der Waals surface area contributed by atoms with Gasteiger partial charge in [0.05, 0.1) is 6.54 Å². The van der Waals surface area contributed by atoms with Crippen molar-refractivity contribution in [2.75, 3.05) is 45.1 Å². The summed E-state index contributed by atoms with van der Waals surface area (Å²) < 4.78 is 0. The number of benzene rings is 1. The van der Waals surface area contributed by atoms with E-state index in [2.05, 4.69) is 21.5 Å². The Hall–Kier alpha value is -2.28. The number of carbonyl (C=O) groups excluding carboxylic acids is 2. The van der Waals surface area contributed by atoms with Crippen LogP contribution in [0, 0.1) is 12.3 Å². The highest BCUT2D eigenvalue weighted by molar-refractivity contribution is 14.0. The number of amides is 2. The Morgan fingerprint density at radius 2 is 1.88 bits per heavy atom. The minimum Gasteiger partial charge on any atom is -0.347 e. The van der Waals surface area contributed by atoms with Crippen LogP contribution in [0.15, 0.2) is 29.3 Å². The van der Waals surface area contributed by atoms with E-state index < -0.39 is 0 Å². The average molecular weight is 469 g/mol. The van der Waals surface area contributed by atoms with Gasteiger partial charge in [-0.15, -0.1) is 30.4 Å². The smallest absolute Gasteiger partial charge is 0.243 e. The van der Waals surface area contributed by atoms with Crippen LogP contribution in [0.3, 0.4) is 0 Å². The molecule has 0 aromatic heterocycles. The summed E-state index contributed by atoms with van der Waals surface area (Å²) in [6.07, 6.45) is 5.36. The lowest BCUT2D eigenvalue weighted by atomic mass is 10.2. The Morgan fingerprint density at radius 3 is 2.46 bits per heavy atom. The maximum absolute atomic E-state index is 12.1. The second-order valence-corrected chi connectivity index (χ2v) is 5.67. The molecule has 1 heterocycles. The third-order valence-corrected chi connectivity index (χ3v) is 3.96. The van der Waals surface area contributed by atoms with E-state index in [0.29, 0.717) is 43.4 Å². The topological polar surface area (TPSA) is 77.0 Å². The van der Waals surface area contributed by atoms with Crippen LogP contribution in [0.2, 0.25) is 0 Å². The Bertz CT molecular complexity index is 706. The predicted molar refractivity (Wildman–Crippen MR) is 114 cm³/mol. The number of halogens is 1. The average Bonchev–Trinajstić information content (AvgIpc) is 2.62. The van der Waals surface area contributed by atoms with E-state index in [1.807, 2.05) is 4.90 Å². The van der Waals surface area contributed by atoms with Crippen molar-refractivity contribution in [3.8, 4) is 12.3 Å². The van der Waals surface area contributed by atoms with Crippen LogP contribution < -0.4 is 10.6 Å². The number of carbonyl (C=O) groups is 2. The fourth-order valence-corrected chi connectivity index (χ4v) is 2.62. The number of nitrogens with one attached hydrogen (secondary N) is 2. The molecule has 140 valence electrons. The maximum Gasteiger partial charge on any atom is 0.243 e. The minimum absolute atomic E-state index is 0. The van der Waals surface area contributed by atoms with Crippen molar-refractivity contribution >= 4 is 47.4 Å². The summed E-state index contributed by atoms with van der Waals surface area (Å²) in [6.45, 7) is 4.35. The largest absolute Gasteiger partial charge is 0.347 e. The maximum atomic E-state index is 12.1. The molecule has 2 amide bonds. The normalized spacial score (nSPS) is 14.1. The fraction of sp³-hybridized carbons (Fsp3) is 0.389. The monoisotopic (exact) mass is 469 g/mol. The standard InChI is InChI=1S/C18H23N5O2.HI/c1-4-15-6-5-7-16(12-15)21-17(25)13-20-18(19-3)23-10-8-22(9-11-23)14(2)24;/h1,5-7,12H,8-11,13H2,2-3H3,(H,19,20)(H,21,25);1H. The van der Waals surface area contributed by atoms with Crippen molar-refractivity contribution in [3.63, 3.8) is 0 Å². The molecule has 1 fully saturated rings. The number of anilines is 1. The van der Waals surface area contributed by atoms with Gasteiger partial charge in [0.15, 0.2) is 5.96 Å². The molecule has 8 heteroatoms. The number of hydrogen-bond donors (Lipinski definition) is 2. The first-order valence-electron chi connectivity index (χ1n) is 8.11. The lowest BCUT2D eigenvalue weighted by Crippen LogP contribution is -2.54. The quantitative estimate of drug-likeness (QED) is 0.300. The molecule has 0 saturated carbocycles. The van der Waals surface area contributed by atoms with Gasteiger partial charge in [0.2, 0.25) is 11.8 Å². The third-order valence-electron chi connectivity index (χ3n) is 3.96. The highest BCUT2D eigenvalue weighted by atomic mass is 127. The SMILES string of the molecule is C#Cc1cccc(NC(=O)CNC(=NC)N2CCN(C(C)=O)CC2)c1.I. The van der Waals surface area contributed by atoms with Crippen LogP contribution in [0.1, 0.15) is 12.5 Å². The zero-order valence-corrected chi connectivity index (χ0v) is 17.3. The van der Waals surface area contributed by atoms with Gasteiger partial charge in [-0.05, 0) is 18.2 Å². The third kappa shape index (κ3) is 6.22. The van der Waals surface area contributed by atoms with Crippen molar-refractivity contribution in [3.05, 3.63) is 29.8 Å². The van der Waals surface area contributed by atoms with E-state index in [9.17, 15) is 9.59 Å². The molecule has 2 N–H and O–H groups in total. The molecule has 1 saturated heterocycles. The Morgan fingerprint density at radius 1 is 1.23 bits per heavy atom. The first-order chi connectivity index (χ1) is 12.0. The van der Waals surface area contributed by atoms with Gasteiger partial charge >= 0.3 is 0 Å². The zero-order chi connectivity index (χ0) is 18.2. The molecule has 26 heavy (non-hydrogen) atoms. The first-order valence-corrected chi connectivity index (χ1v) is 8.11. The van der Waals surface area contributed by atoms with Crippen molar-refractivity contribution in [2.45, 2.75) is 6.92 Å². The van der Waals surface area contributed by atoms with Gasteiger partial charge in [-0.1, -0.05) is 12.0 Å². The van der Waals surface area contributed by atoms with Crippen molar-refractivity contribution in [1.29, 1.82) is 0 Å². The van der Waals surface area contributed by atoms with Crippen LogP contribution in [-0.2, 0) is 9.59 Å². The number of rotatable bonds is 3. The van der Waals surface area contributed by atoms with Crippen molar-refractivity contribution in [2.24, 2.45) is 4.99 Å². The van der Waals surface area contributed by atoms with Gasteiger partial charge in [0.1, 0.15) is 0 Å². The van der Waals surface area contributed by atoms with Crippen LogP contribution in [0.4, 0.5) is 5.69 Å². The van der Waals surface area contributed by atoms with E-state index >= 15 is 0 Å². The van der Waals surface area contributed by atoms with Gasteiger partial charge in [-0.2, -0.15) is 0 Å². The first kappa shape index (κ1) is 21.8. The van der Waals surface area contributed by atoms with Gasteiger partial charge in [0.25, 0.3) is 0 Å². The number of nitrogens with zero attached hydrogens (tertiary/aromatic N) is 3. The summed E-state index contributed by atoms with van der Waals surface area (Å²) in [5.74, 6) is 3.08. The summed E-state index contributed by atoms with van der Waals surface area (Å²) in [6, 6.07) is 7.13. The molecule has 0 spiro atoms. The molecule has 0 unspecified atom stereocenters. The second kappa shape index (κ2) is 10.7. The van der Waals surface area contributed by atoms with E-state index in [0.717, 1.165) is 0 Å². The van der Waals surface area contributed by atoms with Crippen LogP contribution in [0.25, 0.3) is 0 Å². The Balaban J connectivity index is 0.00000338. The summed E-state index contributed by atoms with van der Waals surface area (Å²) in [4.78, 5) is 31.5. The van der Waals surface area contributed by atoms with Crippen molar-refractivity contribution in [1.82, 2.24) is 15.1 Å². The molecule has 2 rings (SSSR count). The summed E-state index contributed by atoms with van der Waals surface area (Å²) in [5.41, 5.74) is 1.37. The van der Waals surface area contributed by atoms with E-state index in [4.69, 9.17) is 6.42 Å². The summed E-state index contributed by atoms with van der Waals surface area (Å²) in [5, 5.41) is 5.85. The Kier molecular flexibility index (Phi) is 8.92. The molecular weight excluding hydrogens is 445 g/mol. The molecule has 0 aliphatic carbocycles. The molecule has 1 aromatic carbocycles. The highest BCUT2D eigenvalue weighted by Crippen LogP contribution is 2.09. The van der Waals surface area contributed by atoms with Crippen LogP contribution >= 0.6 is 24.0 Å². The summed E-state index contributed by atoms with van der Waals surface area (Å²) in [7, 11) is 1.67. The molecule has 1 aliphatic heterocycles. The van der Waals surface area contributed by atoms with Gasteiger partial charge in [-0.3, -0.25) is 14.6 Å². The molecule has 1 aliphatic rings. The lowest BCUT2D eigenvalue weighted by molar-refractivity contribution is -0.130. The lowest BCUT2D eigenvalue weighted by Gasteiger charge is -2.36. The molecule has 7 nitrogen and oxygen atoms in total. The number of terminal acetylenes is 1. The Labute approximate surface area is 171 Å². The van der Waals surface area contributed by atoms with Gasteiger partial charge in [-0.25, -0.2) is 0 Å². The molecule has 0 radical (unpaired) electrons. The van der Waals surface area contributed by atoms with Gasteiger partial charge < -0.3 is 20.4 Å². The minimum atomic E-state index is -0.183. The second-order valence-electron chi connectivity index (χ2n) is 5.67. The fourth-order valence-electron chi connectivity index (χ4n) is 2.62. The van der Waals surface area contributed by atoms with E-state index in [1.54, 1.807) is 43.1 Å².